The van der Waals surface area contributed by atoms with Crippen LogP contribution in [0.5, 0.6) is 0 Å². The van der Waals surface area contributed by atoms with Crippen LogP contribution in [0.25, 0.3) is 34.0 Å². The molecule has 8 rings (SSSR count). The van der Waals surface area contributed by atoms with Crippen molar-refractivity contribution in [2.24, 2.45) is 0 Å². The van der Waals surface area contributed by atoms with Gasteiger partial charge in [-0.3, -0.25) is 14.0 Å². The van der Waals surface area contributed by atoms with Crippen LogP contribution in [0.15, 0.2) is 122 Å². The number of benzene rings is 5. The van der Waals surface area contributed by atoms with Gasteiger partial charge in [0.25, 0.3) is 0 Å². The lowest BCUT2D eigenvalue weighted by Crippen LogP contribution is -2.16. The van der Waals surface area contributed by atoms with E-state index in [0.29, 0.717) is 5.92 Å². The molecule has 0 atom stereocenters. The third-order valence-corrected chi connectivity index (χ3v) is 9.65. The third kappa shape index (κ3) is 5.45. The molecule has 5 aromatic carbocycles. The first kappa shape index (κ1) is 30.6. The van der Waals surface area contributed by atoms with Gasteiger partial charge in [-0.25, -0.2) is 9.97 Å². The molecule has 3 heterocycles. The number of para-hydroxylation sites is 2. The van der Waals surface area contributed by atoms with E-state index in [1.165, 1.54) is 44.8 Å². The van der Waals surface area contributed by atoms with E-state index < -0.39 is 0 Å². The lowest BCUT2D eigenvalue weighted by molar-refractivity contribution is 0.839. The number of aryl methyl sites for hydroxylation is 4. The van der Waals surface area contributed by atoms with Crippen LogP contribution in [0, 0.1) is 27.7 Å². The predicted molar refractivity (Wildman–Crippen MR) is 202 cm³/mol. The second-order valence-electron chi connectivity index (χ2n) is 13.7. The highest BCUT2D eigenvalue weighted by atomic mass is 15.3. The smallest absolute Gasteiger partial charge is 0.220 e. The molecular formula is C44H41N5. The minimum absolute atomic E-state index is 0.330. The average molecular weight is 640 g/mol. The van der Waals surface area contributed by atoms with E-state index in [-0.39, 0.29) is 0 Å². The molecule has 0 unspecified atom stereocenters. The van der Waals surface area contributed by atoms with Crippen LogP contribution in [0.3, 0.4) is 0 Å². The maximum Gasteiger partial charge on any atom is 0.220 e. The molecule has 0 radical (unpaired) electrons. The van der Waals surface area contributed by atoms with Crippen LogP contribution in [-0.2, 0) is 6.42 Å². The van der Waals surface area contributed by atoms with Crippen molar-refractivity contribution in [3.8, 4) is 34.0 Å². The first-order valence-electron chi connectivity index (χ1n) is 17.2. The van der Waals surface area contributed by atoms with Gasteiger partial charge in [-0.2, -0.15) is 0 Å². The largest absolute Gasteiger partial charge is 0.299 e. The maximum absolute atomic E-state index is 5.50. The maximum atomic E-state index is 5.50. The molecule has 2 aromatic heterocycles. The molecule has 49 heavy (non-hydrogen) atoms. The van der Waals surface area contributed by atoms with Crippen molar-refractivity contribution < 1.29 is 0 Å². The zero-order valence-electron chi connectivity index (χ0n) is 29.1. The molecule has 0 fully saturated rings. The fourth-order valence-corrected chi connectivity index (χ4v) is 7.46. The highest BCUT2D eigenvalue weighted by Crippen LogP contribution is 2.41. The minimum Gasteiger partial charge on any atom is -0.299 e. The van der Waals surface area contributed by atoms with Gasteiger partial charge in [0.05, 0.1) is 22.8 Å². The number of rotatable bonds is 4. The Morgan fingerprint density at radius 3 is 2.08 bits per heavy atom. The summed E-state index contributed by atoms with van der Waals surface area (Å²) >= 11 is 0. The molecule has 0 amide bonds. The SMILES string of the molecule is Cc1cc(C)c(-n2cc3nc2N(c2ccccc2)c2cccc(c2)-c2nc(cn2-c2c(C)cccc2C)Cc2cccc-3c2)c(C(C)C)c1. The normalized spacial score (nSPS) is 12.3. The minimum atomic E-state index is 0.330. The zero-order valence-corrected chi connectivity index (χ0v) is 29.1. The zero-order chi connectivity index (χ0) is 33.8. The number of hydrogen-bond acceptors (Lipinski definition) is 3. The number of fused-ring (bicyclic) bond motifs is 10. The van der Waals surface area contributed by atoms with Gasteiger partial charge in [0, 0.05) is 41.3 Å². The Hall–Kier alpha value is -5.68. The Morgan fingerprint density at radius 2 is 1.31 bits per heavy atom. The summed E-state index contributed by atoms with van der Waals surface area (Å²) in [5.74, 6) is 2.10. The Bertz CT molecular complexity index is 2320. The number of imidazole rings is 2. The molecule has 0 saturated heterocycles. The summed E-state index contributed by atoms with van der Waals surface area (Å²) in [6.07, 6.45) is 5.17. The fraction of sp³-hybridized carbons (Fsp3) is 0.182. The van der Waals surface area contributed by atoms with Crippen molar-refractivity contribution >= 4 is 17.3 Å². The highest BCUT2D eigenvalue weighted by Gasteiger charge is 2.26. The summed E-state index contributed by atoms with van der Waals surface area (Å²) in [7, 11) is 0. The highest BCUT2D eigenvalue weighted by molar-refractivity contribution is 5.79. The topological polar surface area (TPSA) is 38.9 Å². The van der Waals surface area contributed by atoms with Crippen molar-refractivity contribution in [3.63, 3.8) is 0 Å². The number of aromatic nitrogens is 4. The molecule has 1 aliphatic rings. The van der Waals surface area contributed by atoms with Gasteiger partial charge in [-0.1, -0.05) is 98.3 Å². The molecule has 5 heteroatoms. The quantitative estimate of drug-likeness (QED) is 0.192. The summed E-state index contributed by atoms with van der Waals surface area (Å²) in [6, 6.07) is 39.2. The van der Waals surface area contributed by atoms with Crippen molar-refractivity contribution in [1.82, 2.24) is 19.1 Å². The molecule has 1 aliphatic heterocycles. The summed E-state index contributed by atoms with van der Waals surface area (Å²) in [4.78, 5) is 13.1. The monoisotopic (exact) mass is 639 g/mol. The molecule has 0 N–H and O–H groups in total. The van der Waals surface area contributed by atoms with Crippen LogP contribution in [0.4, 0.5) is 17.3 Å². The predicted octanol–water partition coefficient (Wildman–Crippen LogP) is 11.1. The number of hydrogen-bond donors (Lipinski definition) is 0. The molecule has 0 spiro atoms. The fourth-order valence-electron chi connectivity index (χ4n) is 7.46. The second kappa shape index (κ2) is 12.1. The molecule has 5 nitrogen and oxygen atoms in total. The third-order valence-electron chi connectivity index (χ3n) is 9.65. The van der Waals surface area contributed by atoms with Gasteiger partial charge in [0.2, 0.25) is 5.95 Å². The lowest BCUT2D eigenvalue weighted by atomic mass is 9.95. The Labute approximate surface area is 289 Å². The van der Waals surface area contributed by atoms with Crippen LogP contribution in [0.1, 0.15) is 58.8 Å². The average Bonchev–Trinajstić information content (AvgIpc) is 3.70. The first-order chi connectivity index (χ1) is 23.7. The molecule has 0 aliphatic carbocycles. The number of nitrogens with zero attached hydrogens (tertiary/aromatic N) is 5. The van der Waals surface area contributed by atoms with Crippen molar-refractivity contribution in [1.29, 1.82) is 0 Å². The van der Waals surface area contributed by atoms with Crippen molar-refractivity contribution in [3.05, 3.63) is 161 Å². The molecule has 0 saturated carbocycles. The van der Waals surface area contributed by atoms with Gasteiger partial charge in [-0.05, 0) is 91.8 Å². The summed E-state index contributed by atoms with van der Waals surface area (Å²) in [5, 5.41) is 0. The Balaban J connectivity index is 1.46. The molecule has 8 bridgehead atoms. The Morgan fingerprint density at radius 1 is 0.592 bits per heavy atom. The van der Waals surface area contributed by atoms with E-state index in [1.807, 2.05) is 0 Å². The van der Waals surface area contributed by atoms with Crippen LogP contribution in [0.2, 0.25) is 0 Å². The first-order valence-corrected chi connectivity index (χ1v) is 17.2. The van der Waals surface area contributed by atoms with E-state index in [0.717, 1.165) is 52.1 Å². The van der Waals surface area contributed by atoms with Gasteiger partial charge < -0.3 is 0 Å². The molecular weight excluding hydrogens is 599 g/mol. The van der Waals surface area contributed by atoms with Crippen LogP contribution >= 0.6 is 0 Å². The van der Waals surface area contributed by atoms with Gasteiger partial charge in [0.1, 0.15) is 5.82 Å². The summed E-state index contributed by atoms with van der Waals surface area (Å²) in [5.41, 5.74) is 15.9. The van der Waals surface area contributed by atoms with Crippen molar-refractivity contribution in [2.45, 2.75) is 53.9 Å². The van der Waals surface area contributed by atoms with Crippen LogP contribution in [-0.4, -0.2) is 19.1 Å². The Kier molecular flexibility index (Phi) is 7.56. The van der Waals surface area contributed by atoms with Gasteiger partial charge in [-0.15, -0.1) is 0 Å². The summed E-state index contributed by atoms with van der Waals surface area (Å²) in [6.45, 7) is 13.3. The van der Waals surface area contributed by atoms with Gasteiger partial charge >= 0.3 is 0 Å². The van der Waals surface area contributed by atoms with Gasteiger partial charge in [0.15, 0.2) is 0 Å². The van der Waals surface area contributed by atoms with Crippen molar-refractivity contribution in [2.75, 3.05) is 4.90 Å². The van der Waals surface area contributed by atoms with E-state index in [9.17, 15) is 0 Å². The van der Waals surface area contributed by atoms with E-state index >= 15 is 0 Å². The van der Waals surface area contributed by atoms with E-state index in [1.54, 1.807) is 0 Å². The van der Waals surface area contributed by atoms with Crippen LogP contribution < -0.4 is 4.90 Å². The number of anilines is 3. The second-order valence-corrected chi connectivity index (χ2v) is 13.7. The standard InChI is InChI=1S/C44H41N5/c1-28(2)39-22-29(3)21-32(6)42(39)48-27-40-34-16-11-15-33(23-34)24-36-26-47(41-30(4)13-10-14-31(41)5)43(45-36)35-17-12-20-38(25-35)49(44(48)46-40)37-18-8-7-9-19-37/h7-23,25-28H,24H2,1-6H3. The van der Waals surface area contributed by atoms with E-state index in [2.05, 4.69) is 177 Å². The lowest BCUT2D eigenvalue weighted by Gasteiger charge is -2.27. The van der Waals surface area contributed by atoms with E-state index in [4.69, 9.17) is 9.97 Å². The summed E-state index contributed by atoms with van der Waals surface area (Å²) < 4.78 is 4.61. The molecule has 242 valence electrons. The molecule has 7 aromatic rings.